The number of fused-ring (bicyclic) bond motifs is 3. The summed E-state index contributed by atoms with van der Waals surface area (Å²) in [7, 11) is 6.59. The van der Waals surface area contributed by atoms with Gasteiger partial charge in [-0.25, -0.2) is 4.79 Å². The van der Waals surface area contributed by atoms with Crippen LogP contribution in [-0.2, 0) is 25.5 Å². The number of carbonyl (C=O) groups excluding carboxylic acids is 5. The van der Waals surface area contributed by atoms with Gasteiger partial charge in [0.25, 0.3) is 0 Å². The molecule has 0 spiro atoms. The summed E-state index contributed by atoms with van der Waals surface area (Å²) in [6.07, 6.45) is -2.28. The molecule has 0 aliphatic heterocycles. The van der Waals surface area contributed by atoms with Gasteiger partial charge in [-0.15, -0.1) is 0 Å². The third kappa shape index (κ3) is 4.15. The van der Waals surface area contributed by atoms with E-state index in [2.05, 4.69) is 5.32 Å². The van der Waals surface area contributed by atoms with Crippen molar-refractivity contribution in [2.24, 2.45) is 29.4 Å². The van der Waals surface area contributed by atoms with Gasteiger partial charge in [0.1, 0.15) is 11.7 Å². The van der Waals surface area contributed by atoms with Crippen molar-refractivity contribution in [3.8, 4) is 5.75 Å². The zero-order chi connectivity index (χ0) is 29.1. The normalized spacial score (nSPS) is 31.7. The third-order valence-corrected chi connectivity index (χ3v) is 8.26. The number of aromatic hydroxyl groups is 1. The van der Waals surface area contributed by atoms with E-state index in [9.17, 15) is 39.3 Å². The Morgan fingerprint density at radius 2 is 1.82 bits per heavy atom. The maximum atomic E-state index is 13.9. The number of rotatable bonds is 5. The predicted molar refractivity (Wildman–Crippen MR) is 137 cm³/mol. The van der Waals surface area contributed by atoms with Crippen molar-refractivity contribution < 1.29 is 44.0 Å². The maximum absolute atomic E-state index is 13.9. The highest BCUT2D eigenvalue weighted by Gasteiger charge is 2.69. The van der Waals surface area contributed by atoms with Gasteiger partial charge in [-0.05, 0) is 51.4 Å². The van der Waals surface area contributed by atoms with E-state index in [1.165, 1.54) is 11.0 Å². The zero-order valence-electron chi connectivity index (χ0n) is 22.4. The molecule has 212 valence electrons. The minimum absolute atomic E-state index is 0.00563. The molecule has 6 N–H and O–H groups in total. The lowest BCUT2D eigenvalue weighted by atomic mass is 9.52. The Kier molecular flexibility index (Phi) is 7.21. The van der Waals surface area contributed by atoms with Gasteiger partial charge in [-0.2, -0.15) is 0 Å². The number of hydrogen-bond donors (Lipinski definition) is 5. The minimum Gasteiger partial charge on any atom is -0.505 e. The number of nitrogens with zero attached hydrogens (tertiary/aromatic N) is 2. The largest absolute Gasteiger partial charge is 0.505 e. The minimum atomic E-state index is -2.75. The average molecular weight is 547 g/mol. The second kappa shape index (κ2) is 9.88. The molecule has 2 saturated carbocycles. The molecule has 3 unspecified atom stereocenters. The van der Waals surface area contributed by atoms with Crippen LogP contribution in [0.5, 0.6) is 5.75 Å². The number of benzene rings is 1. The number of aliphatic hydroxyl groups excluding tert-OH is 1. The number of nitrogens with one attached hydrogen (secondary N) is 1. The highest BCUT2D eigenvalue weighted by Crippen LogP contribution is 2.53. The Hall–Kier alpha value is -3.55. The number of phenolic OH excluding ortho intramolecular Hbond substituents is 1. The van der Waals surface area contributed by atoms with Crippen molar-refractivity contribution in [3.05, 3.63) is 17.2 Å². The monoisotopic (exact) mass is 546 g/mol. The number of ketones is 3. The fraction of sp³-hybridized carbons (Fsp3) is 0.577. The number of phenols is 1. The van der Waals surface area contributed by atoms with E-state index in [1.807, 2.05) is 0 Å². The van der Waals surface area contributed by atoms with Crippen molar-refractivity contribution in [1.82, 2.24) is 4.90 Å². The molecule has 39 heavy (non-hydrogen) atoms. The van der Waals surface area contributed by atoms with Crippen LogP contribution in [-0.4, -0.2) is 102 Å². The van der Waals surface area contributed by atoms with Gasteiger partial charge in [0, 0.05) is 31.7 Å². The van der Waals surface area contributed by atoms with Crippen LogP contribution in [0.2, 0.25) is 0 Å². The Bertz CT molecular complexity index is 1260. The molecule has 0 saturated heterocycles. The number of nitrogens with two attached hydrogens (primary N) is 1. The number of aliphatic hydroxyl groups is 2. The van der Waals surface area contributed by atoms with E-state index >= 15 is 0 Å². The molecular formula is C26H34N4O9. The first-order chi connectivity index (χ1) is 18.2. The van der Waals surface area contributed by atoms with Crippen LogP contribution in [0.1, 0.15) is 29.3 Å². The Morgan fingerprint density at radius 3 is 2.36 bits per heavy atom. The fourth-order valence-corrected chi connectivity index (χ4v) is 6.64. The molecule has 2 amide bonds. The average Bonchev–Trinajstić information content (AvgIpc) is 2.82. The van der Waals surface area contributed by atoms with E-state index in [-0.39, 0.29) is 30.7 Å². The number of hydrogen-bond acceptors (Lipinski definition) is 11. The van der Waals surface area contributed by atoms with Crippen LogP contribution < -0.4 is 16.0 Å². The number of ether oxygens (including phenoxy) is 1. The van der Waals surface area contributed by atoms with Gasteiger partial charge in [0.05, 0.1) is 29.9 Å². The van der Waals surface area contributed by atoms with Crippen LogP contribution in [0.15, 0.2) is 6.07 Å². The van der Waals surface area contributed by atoms with Crippen LogP contribution >= 0.6 is 0 Å². The second-order valence-electron chi connectivity index (χ2n) is 10.9. The van der Waals surface area contributed by atoms with Gasteiger partial charge in [-0.3, -0.25) is 24.5 Å². The Labute approximate surface area is 224 Å². The second-order valence-corrected chi connectivity index (χ2v) is 10.9. The standard InChI is InChI=1S/C26H34N4O9/c1-6-39-25(37)28-13-9-14(29(2)3)11-7-10-8-12-18(30(4)5)21(33)17(24(27)36)23(35)26(12,38)22(34)15(10)20(32)16(11)19(13)31/h9-10,12,15,17-18,21,31,33,38H,6-8H2,1-5H3,(H2,27,36)(H,28,37)/t10-,12-,15?,17?,18-,21?,26-/m1/s1. The van der Waals surface area contributed by atoms with Gasteiger partial charge in [0.15, 0.2) is 23.0 Å². The topological polar surface area (TPSA) is 200 Å². The Balaban J connectivity index is 1.87. The number of primary amides is 1. The number of likely N-dealkylation sites (N-methyl/N-ethyl adjacent to an activating group) is 1. The molecule has 0 bridgehead atoms. The summed E-state index contributed by atoms with van der Waals surface area (Å²) in [4.78, 5) is 68.7. The quantitative estimate of drug-likeness (QED) is 0.231. The summed E-state index contributed by atoms with van der Waals surface area (Å²) in [5.41, 5.74) is 3.28. The fourth-order valence-electron chi connectivity index (χ4n) is 6.64. The smallest absolute Gasteiger partial charge is 0.411 e. The summed E-state index contributed by atoms with van der Waals surface area (Å²) in [6, 6.07) is 0.512. The number of carbonyl (C=O) groups is 5. The molecule has 0 aromatic heterocycles. The molecule has 4 rings (SSSR count). The van der Waals surface area contributed by atoms with Crippen molar-refractivity contribution in [1.29, 1.82) is 0 Å². The lowest BCUT2D eigenvalue weighted by Crippen LogP contribution is -2.75. The molecule has 1 aromatic carbocycles. The van der Waals surface area contributed by atoms with E-state index in [1.54, 1.807) is 40.0 Å². The lowest BCUT2D eigenvalue weighted by molar-refractivity contribution is -0.190. The molecule has 0 heterocycles. The molecule has 3 aliphatic carbocycles. The van der Waals surface area contributed by atoms with Crippen LogP contribution in [0.3, 0.4) is 0 Å². The molecule has 1 aromatic rings. The maximum Gasteiger partial charge on any atom is 0.411 e. The van der Waals surface area contributed by atoms with E-state index in [4.69, 9.17) is 10.5 Å². The van der Waals surface area contributed by atoms with Gasteiger partial charge in [-0.1, -0.05) is 0 Å². The first-order valence-corrected chi connectivity index (χ1v) is 12.7. The molecule has 3 aliphatic rings. The number of Topliss-reactive ketones (excluding diaryl/α,β-unsaturated/α-hetero) is 3. The third-order valence-electron chi connectivity index (χ3n) is 8.26. The molecule has 13 nitrogen and oxygen atoms in total. The molecule has 13 heteroatoms. The summed E-state index contributed by atoms with van der Waals surface area (Å²) >= 11 is 0. The number of amides is 2. The summed E-state index contributed by atoms with van der Waals surface area (Å²) in [6.45, 7) is 1.67. The summed E-state index contributed by atoms with van der Waals surface area (Å²) < 4.78 is 4.88. The molecular weight excluding hydrogens is 512 g/mol. The molecule has 0 radical (unpaired) electrons. The highest BCUT2D eigenvalue weighted by molar-refractivity contribution is 6.26. The molecule has 7 atom stereocenters. The predicted octanol–water partition coefficient (Wildman–Crippen LogP) is -0.707. The summed E-state index contributed by atoms with van der Waals surface area (Å²) in [5.74, 6) is -10.0. The van der Waals surface area contributed by atoms with Crippen LogP contribution in [0, 0.1) is 23.7 Å². The molecule has 2 fully saturated rings. The van der Waals surface area contributed by atoms with Gasteiger partial charge in [0.2, 0.25) is 5.91 Å². The van der Waals surface area contributed by atoms with Gasteiger partial charge >= 0.3 is 6.09 Å². The first kappa shape index (κ1) is 28.5. The van der Waals surface area contributed by atoms with Crippen molar-refractivity contribution >= 4 is 40.7 Å². The Morgan fingerprint density at radius 1 is 1.18 bits per heavy atom. The number of anilines is 2. The first-order valence-electron chi connectivity index (χ1n) is 12.7. The van der Waals surface area contributed by atoms with Crippen molar-refractivity contribution in [2.75, 3.05) is 45.0 Å². The summed E-state index contributed by atoms with van der Waals surface area (Å²) in [5, 5.41) is 36.1. The highest BCUT2D eigenvalue weighted by atomic mass is 16.5. The lowest BCUT2D eigenvalue weighted by Gasteiger charge is -2.55. The van der Waals surface area contributed by atoms with Crippen LogP contribution in [0.25, 0.3) is 0 Å². The van der Waals surface area contributed by atoms with E-state index in [0.717, 1.165) is 0 Å². The zero-order valence-corrected chi connectivity index (χ0v) is 22.4. The van der Waals surface area contributed by atoms with Crippen LogP contribution in [0.4, 0.5) is 16.2 Å². The van der Waals surface area contributed by atoms with E-state index < -0.39 is 76.5 Å². The van der Waals surface area contributed by atoms with Crippen molar-refractivity contribution in [2.45, 2.75) is 37.5 Å². The van der Waals surface area contributed by atoms with E-state index in [0.29, 0.717) is 11.3 Å². The van der Waals surface area contributed by atoms with Gasteiger partial charge < -0.3 is 35.6 Å². The SMILES string of the molecule is CCOC(=O)Nc1cc(N(C)C)c2c(c1O)C(=O)C1C(=O)[C@@]3(O)C(=O)C(C(N)=O)C(O)[C@H](N(C)C)[C@H]3C[C@H]1C2. The van der Waals surface area contributed by atoms with Crippen molar-refractivity contribution in [3.63, 3.8) is 0 Å².